The van der Waals surface area contributed by atoms with E-state index in [2.05, 4.69) is 22.4 Å². The van der Waals surface area contributed by atoms with Gasteiger partial charge in [0.25, 0.3) is 0 Å². The van der Waals surface area contributed by atoms with Gasteiger partial charge in [-0.1, -0.05) is 17.4 Å². The van der Waals surface area contributed by atoms with Gasteiger partial charge in [-0.25, -0.2) is 4.98 Å². The minimum atomic E-state index is 0.423. The van der Waals surface area contributed by atoms with Crippen molar-refractivity contribution >= 4 is 26.7 Å². The van der Waals surface area contributed by atoms with Crippen molar-refractivity contribution in [2.24, 2.45) is 0 Å². The Bertz CT molecular complexity index is 519. The minimum Gasteiger partial charge on any atom is -0.379 e. The number of thiazole rings is 1. The molecule has 3 rings (SSSR count). The summed E-state index contributed by atoms with van der Waals surface area (Å²) in [5.74, 6) is 0. The molecule has 1 aromatic carbocycles. The zero-order valence-corrected chi connectivity index (χ0v) is 10.3. The van der Waals surface area contributed by atoms with Gasteiger partial charge in [0, 0.05) is 12.6 Å². The smallest absolute Gasteiger partial charge is 0.181 e. The van der Waals surface area contributed by atoms with Crippen LogP contribution in [0, 0.1) is 0 Å². The second kappa shape index (κ2) is 4.60. The lowest BCUT2D eigenvalue weighted by atomic mass is 10.1. The standard InChI is InChI=1S/C12H15N3OS/c13-12-15-10-2-1-8(6-11(10)17-12)5-9-7-16-4-3-14-9/h1-2,6,9,14H,3-5,7H2,(H2,13,15). The minimum absolute atomic E-state index is 0.423. The third-order valence-electron chi connectivity index (χ3n) is 2.95. The van der Waals surface area contributed by atoms with Gasteiger partial charge in [-0.2, -0.15) is 0 Å². The maximum absolute atomic E-state index is 5.70. The number of hydrogen-bond donors (Lipinski definition) is 2. The number of nitrogen functional groups attached to an aromatic ring is 1. The first-order chi connectivity index (χ1) is 8.31. The summed E-state index contributed by atoms with van der Waals surface area (Å²) in [7, 11) is 0. The van der Waals surface area contributed by atoms with Gasteiger partial charge in [0.2, 0.25) is 0 Å². The second-order valence-corrected chi connectivity index (χ2v) is 5.35. The van der Waals surface area contributed by atoms with Gasteiger partial charge >= 0.3 is 0 Å². The lowest BCUT2D eigenvalue weighted by molar-refractivity contribution is 0.0770. The molecule has 1 saturated heterocycles. The van der Waals surface area contributed by atoms with Crippen LogP contribution in [0.1, 0.15) is 5.56 Å². The summed E-state index contributed by atoms with van der Waals surface area (Å²) in [6.45, 7) is 2.56. The van der Waals surface area contributed by atoms with Crippen LogP contribution in [0.4, 0.5) is 5.13 Å². The van der Waals surface area contributed by atoms with Crippen LogP contribution < -0.4 is 11.1 Å². The Kier molecular flexibility index (Phi) is 2.96. The van der Waals surface area contributed by atoms with Gasteiger partial charge in [0.1, 0.15) is 0 Å². The van der Waals surface area contributed by atoms with Gasteiger partial charge in [-0.05, 0) is 24.1 Å². The van der Waals surface area contributed by atoms with Gasteiger partial charge in [-0.3, -0.25) is 0 Å². The zero-order chi connectivity index (χ0) is 11.7. The third kappa shape index (κ3) is 2.41. The Labute approximate surface area is 104 Å². The van der Waals surface area contributed by atoms with Crippen LogP contribution >= 0.6 is 11.3 Å². The molecule has 0 aliphatic carbocycles. The number of fused-ring (bicyclic) bond motifs is 1. The van der Waals surface area contributed by atoms with E-state index in [1.807, 2.05) is 6.07 Å². The summed E-state index contributed by atoms with van der Waals surface area (Å²) in [4.78, 5) is 4.26. The molecule has 0 amide bonds. The number of hydrogen-bond acceptors (Lipinski definition) is 5. The summed E-state index contributed by atoms with van der Waals surface area (Å²) in [5, 5.41) is 4.09. The van der Waals surface area contributed by atoms with Crippen LogP contribution in [0.3, 0.4) is 0 Å². The highest BCUT2D eigenvalue weighted by molar-refractivity contribution is 7.22. The van der Waals surface area contributed by atoms with E-state index in [0.717, 1.165) is 36.4 Å². The highest BCUT2D eigenvalue weighted by Crippen LogP contribution is 2.25. The molecule has 1 fully saturated rings. The molecule has 2 heterocycles. The molecule has 1 aliphatic heterocycles. The largest absolute Gasteiger partial charge is 0.379 e. The molecular formula is C12H15N3OS. The van der Waals surface area contributed by atoms with Crippen molar-refractivity contribution in [3.63, 3.8) is 0 Å². The van der Waals surface area contributed by atoms with Crippen LogP contribution in [0.2, 0.25) is 0 Å². The number of rotatable bonds is 2. The van der Waals surface area contributed by atoms with E-state index in [9.17, 15) is 0 Å². The molecule has 2 aromatic rings. The van der Waals surface area contributed by atoms with Gasteiger partial charge in [-0.15, -0.1) is 0 Å². The summed E-state index contributed by atoms with van der Waals surface area (Å²) in [6.07, 6.45) is 0.994. The third-order valence-corrected chi connectivity index (χ3v) is 3.80. The number of nitrogens with one attached hydrogen (secondary N) is 1. The van der Waals surface area contributed by atoms with Gasteiger partial charge < -0.3 is 15.8 Å². The number of anilines is 1. The first kappa shape index (κ1) is 11.0. The molecule has 0 bridgehead atoms. The fraction of sp³-hybridized carbons (Fsp3) is 0.417. The van der Waals surface area contributed by atoms with E-state index < -0.39 is 0 Å². The molecule has 4 nitrogen and oxygen atoms in total. The van der Waals surface area contributed by atoms with Crippen LogP contribution in [-0.2, 0) is 11.2 Å². The predicted molar refractivity (Wildman–Crippen MR) is 70.3 cm³/mol. The fourth-order valence-electron chi connectivity index (χ4n) is 2.15. The summed E-state index contributed by atoms with van der Waals surface area (Å²) >= 11 is 1.54. The maximum Gasteiger partial charge on any atom is 0.181 e. The highest BCUT2D eigenvalue weighted by atomic mass is 32.1. The average molecular weight is 249 g/mol. The Morgan fingerprint density at radius 3 is 3.29 bits per heavy atom. The van der Waals surface area contributed by atoms with Crippen LogP contribution in [0.5, 0.6) is 0 Å². The number of benzene rings is 1. The maximum atomic E-state index is 5.70. The van der Waals surface area contributed by atoms with Crippen LogP contribution in [0.25, 0.3) is 10.2 Å². The number of morpholine rings is 1. The first-order valence-electron chi connectivity index (χ1n) is 5.77. The summed E-state index contributed by atoms with van der Waals surface area (Å²) in [5.41, 5.74) is 8.00. The number of nitrogens with two attached hydrogens (primary N) is 1. The van der Waals surface area contributed by atoms with E-state index >= 15 is 0 Å². The fourth-order valence-corrected chi connectivity index (χ4v) is 2.95. The Morgan fingerprint density at radius 1 is 1.53 bits per heavy atom. The number of ether oxygens (including phenoxy) is 1. The van der Waals surface area contributed by atoms with Crippen LogP contribution in [0.15, 0.2) is 18.2 Å². The summed E-state index contributed by atoms with van der Waals surface area (Å²) in [6, 6.07) is 6.77. The SMILES string of the molecule is Nc1nc2ccc(CC3COCCN3)cc2s1. The molecule has 1 aliphatic rings. The van der Waals surface area contributed by atoms with Crippen LogP contribution in [-0.4, -0.2) is 30.8 Å². The lowest BCUT2D eigenvalue weighted by Gasteiger charge is -2.23. The van der Waals surface area contributed by atoms with Crippen molar-refractivity contribution < 1.29 is 4.74 Å². The van der Waals surface area contributed by atoms with E-state index in [0.29, 0.717) is 11.2 Å². The lowest BCUT2D eigenvalue weighted by Crippen LogP contribution is -2.42. The molecule has 1 atom stereocenters. The van der Waals surface area contributed by atoms with Crippen molar-refractivity contribution in [1.82, 2.24) is 10.3 Å². The Hall–Kier alpha value is -1.17. The van der Waals surface area contributed by atoms with Crippen molar-refractivity contribution in [3.05, 3.63) is 23.8 Å². The van der Waals surface area contributed by atoms with Crippen molar-refractivity contribution in [2.75, 3.05) is 25.5 Å². The Balaban J connectivity index is 1.79. The molecule has 0 spiro atoms. The van der Waals surface area contributed by atoms with E-state index in [1.54, 1.807) is 11.3 Å². The normalized spacial score (nSPS) is 20.8. The van der Waals surface area contributed by atoms with Gasteiger partial charge in [0.15, 0.2) is 5.13 Å². The molecule has 3 N–H and O–H groups in total. The number of aromatic nitrogens is 1. The molecule has 1 unspecified atom stereocenters. The van der Waals surface area contributed by atoms with E-state index in [-0.39, 0.29) is 0 Å². The van der Waals surface area contributed by atoms with Crippen molar-refractivity contribution in [3.8, 4) is 0 Å². The molecule has 17 heavy (non-hydrogen) atoms. The van der Waals surface area contributed by atoms with E-state index in [1.165, 1.54) is 5.56 Å². The predicted octanol–water partition coefficient (Wildman–Crippen LogP) is 1.41. The molecule has 0 radical (unpaired) electrons. The summed E-state index contributed by atoms with van der Waals surface area (Å²) < 4.78 is 6.62. The zero-order valence-electron chi connectivity index (χ0n) is 9.48. The molecule has 1 aromatic heterocycles. The highest BCUT2D eigenvalue weighted by Gasteiger charge is 2.13. The van der Waals surface area contributed by atoms with Crippen molar-refractivity contribution in [2.45, 2.75) is 12.5 Å². The van der Waals surface area contributed by atoms with E-state index in [4.69, 9.17) is 10.5 Å². The second-order valence-electron chi connectivity index (χ2n) is 4.28. The Morgan fingerprint density at radius 2 is 2.47 bits per heavy atom. The quantitative estimate of drug-likeness (QED) is 0.845. The molecule has 0 saturated carbocycles. The molecule has 5 heteroatoms. The molecular weight excluding hydrogens is 234 g/mol. The molecule has 90 valence electrons. The average Bonchev–Trinajstić information content (AvgIpc) is 2.70. The number of nitrogens with zero attached hydrogens (tertiary/aromatic N) is 1. The first-order valence-corrected chi connectivity index (χ1v) is 6.59. The monoisotopic (exact) mass is 249 g/mol. The van der Waals surface area contributed by atoms with Crippen molar-refractivity contribution in [1.29, 1.82) is 0 Å². The topological polar surface area (TPSA) is 60.2 Å². The van der Waals surface area contributed by atoms with Gasteiger partial charge in [0.05, 0.1) is 23.4 Å².